The molecule has 0 radical (unpaired) electrons. The summed E-state index contributed by atoms with van der Waals surface area (Å²) in [5.41, 5.74) is 0.152. The summed E-state index contributed by atoms with van der Waals surface area (Å²) in [5, 5.41) is 0. The van der Waals surface area contributed by atoms with Crippen molar-refractivity contribution in [1.82, 2.24) is 9.80 Å². The number of ether oxygens (including phenoxy) is 1. The minimum Gasteiger partial charge on any atom is -0.445 e. The summed E-state index contributed by atoms with van der Waals surface area (Å²) in [5.74, 6) is 0.110. The summed E-state index contributed by atoms with van der Waals surface area (Å²) in [6.45, 7) is 8.25. The number of hydrogen-bond acceptors (Lipinski definition) is 3. The number of carbonyl (C=O) groups is 2. The molecule has 2 aliphatic heterocycles. The monoisotopic (exact) mass is 224 g/mol. The normalized spacial score (nSPS) is 21.1. The number of rotatable bonds is 2. The highest BCUT2D eigenvalue weighted by molar-refractivity contribution is 5.75. The molecule has 0 aromatic rings. The Kier molecular flexibility index (Phi) is 2.61. The van der Waals surface area contributed by atoms with Gasteiger partial charge in [0.15, 0.2) is 0 Å². The quantitative estimate of drug-likeness (QED) is 0.641. The average Bonchev–Trinajstić information content (AvgIpc) is 2.09. The fourth-order valence-electron chi connectivity index (χ4n) is 2.30. The smallest absolute Gasteiger partial charge is 0.410 e. The van der Waals surface area contributed by atoms with Crippen molar-refractivity contribution in [2.45, 2.75) is 6.92 Å². The minimum absolute atomic E-state index is 0.110. The van der Waals surface area contributed by atoms with Crippen LogP contribution in [0.25, 0.3) is 0 Å². The largest absolute Gasteiger partial charge is 0.445 e. The first-order valence-electron chi connectivity index (χ1n) is 5.34. The van der Waals surface area contributed by atoms with Gasteiger partial charge in [-0.15, -0.1) is 0 Å². The number of hydrogen-bond donors (Lipinski definition) is 0. The van der Waals surface area contributed by atoms with Crippen LogP contribution < -0.4 is 0 Å². The number of amides is 2. The van der Waals surface area contributed by atoms with E-state index in [1.807, 2.05) is 0 Å². The van der Waals surface area contributed by atoms with Crippen molar-refractivity contribution >= 4 is 12.0 Å². The Balaban J connectivity index is 1.72. The van der Waals surface area contributed by atoms with Crippen molar-refractivity contribution in [3.63, 3.8) is 0 Å². The molecule has 0 N–H and O–H groups in total. The zero-order valence-electron chi connectivity index (χ0n) is 9.44. The third kappa shape index (κ3) is 1.77. The van der Waals surface area contributed by atoms with Gasteiger partial charge in [-0.3, -0.25) is 4.79 Å². The molecular formula is C11H16N2O3. The first kappa shape index (κ1) is 11.0. The molecule has 2 rings (SSSR count). The molecule has 2 aliphatic rings. The number of likely N-dealkylation sites (tertiary alicyclic amines) is 2. The molecule has 16 heavy (non-hydrogen) atoms. The van der Waals surface area contributed by atoms with Gasteiger partial charge in [0.1, 0.15) is 6.61 Å². The summed E-state index contributed by atoms with van der Waals surface area (Å²) < 4.78 is 4.92. The van der Waals surface area contributed by atoms with Gasteiger partial charge < -0.3 is 14.5 Å². The lowest BCUT2D eigenvalue weighted by molar-refractivity contribution is -0.153. The van der Waals surface area contributed by atoms with Gasteiger partial charge in [0.25, 0.3) is 0 Å². The molecule has 0 aromatic carbocycles. The maximum Gasteiger partial charge on any atom is 0.410 e. The fourth-order valence-corrected chi connectivity index (χ4v) is 2.30. The van der Waals surface area contributed by atoms with E-state index in [-0.39, 0.29) is 24.0 Å². The second-order valence-corrected chi connectivity index (χ2v) is 4.60. The SMILES string of the molecule is C=CCOC(=O)N1CC2(CN(C(C)=O)C2)C1. The van der Waals surface area contributed by atoms with Gasteiger partial charge in [-0.1, -0.05) is 12.7 Å². The van der Waals surface area contributed by atoms with Crippen molar-refractivity contribution in [1.29, 1.82) is 0 Å². The third-order valence-corrected chi connectivity index (χ3v) is 3.13. The molecule has 2 saturated heterocycles. The molecule has 0 saturated carbocycles. The molecule has 2 heterocycles. The molecule has 5 heteroatoms. The summed E-state index contributed by atoms with van der Waals surface area (Å²) in [6.07, 6.45) is 1.26. The zero-order valence-corrected chi connectivity index (χ0v) is 9.44. The molecule has 0 aliphatic carbocycles. The molecule has 2 fully saturated rings. The summed E-state index contributed by atoms with van der Waals surface area (Å²) in [7, 11) is 0. The van der Waals surface area contributed by atoms with Crippen molar-refractivity contribution in [2.24, 2.45) is 5.41 Å². The number of carbonyl (C=O) groups excluding carboxylic acids is 2. The molecule has 0 aromatic heterocycles. The Morgan fingerprint density at radius 2 is 1.88 bits per heavy atom. The standard InChI is InChI=1S/C11H16N2O3/c1-3-4-16-10(15)13-7-11(8-13)5-12(6-11)9(2)14/h3H,1,4-8H2,2H3. The molecule has 0 unspecified atom stereocenters. The summed E-state index contributed by atoms with van der Waals surface area (Å²) in [4.78, 5) is 25.9. The van der Waals surface area contributed by atoms with Crippen LogP contribution >= 0.6 is 0 Å². The highest BCUT2D eigenvalue weighted by Crippen LogP contribution is 2.39. The van der Waals surface area contributed by atoms with Crippen LogP contribution in [-0.2, 0) is 9.53 Å². The molecule has 0 bridgehead atoms. The van der Waals surface area contributed by atoms with E-state index in [1.54, 1.807) is 22.8 Å². The lowest BCUT2D eigenvalue weighted by Crippen LogP contribution is -2.73. The molecule has 5 nitrogen and oxygen atoms in total. The van der Waals surface area contributed by atoms with Gasteiger partial charge in [-0.05, 0) is 0 Å². The van der Waals surface area contributed by atoms with Crippen LogP contribution in [0, 0.1) is 5.41 Å². The van der Waals surface area contributed by atoms with Gasteiger partial charge in [0.05, 0.1) is 0 Å². The minimum atomic E-state index is -0.285. The molecule has 0 atom stereocenters. The second-order valence-electron chi connectivity index (χ2n) is 4.60. The van der Waals surface area contributed by atoms with E-state index in [4.69, 9.17) is 4.74 Å². The van der Waals surface area contributed by atoms with Crippen LogP contribution in [0.1, 0.15) is 6.92 Å². The van der Waals surface area contributed by atoms with Crippen molar-refractivity contribution in [3.05, 3.63) is 12.7 Å². The Labute approximate surface area is 94.6 Å². The molecule has 1 spiro atoms. The lowest BCUT2D eigenvalue weighted by atomic mass is 9.73. The van der Waals surface area contributed by atoms with Crippen LogP contribution in [0.3, 0.4) is 0 Å². The van der Waals surface area contributed by atoms with E-state index in [1.165, 1.54) is 0 Å². The molecule has 2 amide bonds. The summed E-state index contributed by atoms with van der Waals surface area (Å²) >= 11 is 0. The van der Waals surface area contributed by atoms with Gasteiger partial charge >= 0.3 is 6.09 Å². The van der Waals surface area contributed by atoms with Crippen LogP contribution in [-0.4, -0.2) is 54.6 Å². The predicted molar refractivity (Wildman–Crippen MR) is 57.8 cm³/mol. The highest BCUT2D eigenvalue weighted by Gasteiger charge is 2.54. The topological polar surface area (TPSA) is 49.9 Å². The first-order chi connectivity index (χ1) is 7.56. The Hall–Kier alpha value is -1.52. The lowest BCUT2D eigenvalue weighted by Gasteiger charge is -2.59. The van der Waals surface area contributed by atoms with Crippen LogP contribution in [0.4, 0.5) is 4.79 Å². The Morgan fingerprint density at radius 3 is 2.38 bits per heavy atom. The van der Waals surface area contributed by atoms with Gasteiger partial charge in [0.2, 0.25) is 5.91 Å². The maximum absolute atomic E-state index is 11.4. The highest BCUT2D eigenvalue weighted by atomic mass is 16.6. The molecular weight excluding hydrogens is 208 g/mol. The van der Waals surface area contributed by atoms with Crippen molar-refractivity contribution < 1.29 is 14.3 Å². The Bertz CT molecular complexity index is 326. The first-order valence-corrected chi connectivity index (χ1v) is 5.34. The maximum atomic E-state index is 11.4. The number of nitrogens with zero attached hydrogens (tertiary/aromatic N) is 2. The molecule has 88 valence electrons. The van der Waals surface area contributed by atoms with Gasteiger partial charge in [0, 0.05) is 38.5 Å². The van der Waals surface area contributed by atoms with Crippen LogP contribution in [0.5, 0.6) is 0 Å². The fraction of sp³-hybridized carbons (Fsp3) is 0.636. The van der Waals surface area contributed by atoms with Gasteiger partial charge in [-0.2, -0.15) is 0 Å². The van der Waals surface area contributed by atoms with Crippen molar-refractivity contribution in [2.75, 3.05) is 32.8 Å². The average molecular weight is 224 g/mol. The van der Waals surface area contributed by atoms with Gasteiger partial charge in [-0.25, -0.2) is 4.79 Å². The van der Waals surface area contributed by atoms with Crippen molar-refractivity contribution in [3.8, 4) is 0 Å². The van der Waals surface area contributed by atoms with E-state index in [0.717, 1.165) is 13.1 Å². The van der Waals surface area contributed by atoms with E-state index in [2.05, 4.69) is 6.58 Å². The third-order valence-electron chi connectivity index (χ3n) is 3.13. The van der Waals surface area contributed by atoms with Crippen LogP contribution in [0.15, 0.2) is 12.7 Å². The van der Waals surface area contributed by atoms with E-state index >= 15 is 0 Å². The summed E-state index contributed by atoms with van der Waals surface area (Å²) in [6, 6.07) is 0. The van der Waals surface area contributed by atoms with E-state index in [9.17, 15) is 9.59 Å². The van der Waals surface area contributed by atoms with E-state index < -0.39 is 0 Å². The van der Waals surface area contributed by atoms with Crippen LogP contribution in [0.2, 0.25) is 0 Å². The zero-order chi connectivity index (χ0) is 11.8. The predicted octanol–water partition coefficient (Wildman–Crippen LogP) is 0.473. The Morgan fingerprint density at radius 1 is 1.31 bits per heavy atom. The van der Waals surface area contributed by atoms with E-state index in [0.29, 0.717) is 13.1 Å². The second kappa shape index (κ2) is 3.81.